The van der Waals surface area contributed by atoms with E-state index in [-0.39, 0.29) is 23.9 Å². The molecule has 3 heteroatoms. The van der Waals surface area contributed by atoms with Gasteiger partial charge in [0.05, 0.1) is 12.0 Å². The summed E-state index contributed by atoms with van der Waals surface area (Å²) in [7, 11) is 0. The molecule has 2 fully saturated rings. The van der Waals surface area contributed by atoms with Crippen molar-refractivity contribution in [3.05, 3.63) is 0 Å². The number of esters is 1. The molecule has 2 aliphatic rings. The Morgan fingerprint density at radius 1 is 1.11 bits per heavy atom. The first-order valence-corrected chi connectivity index (χ1v) is 7.83. The average molecular weight is 263 g/mol. The lowest BCUT2D eigenvalue weighted by Crippen LogP contribution is -2.29. The summed E-state index contributed by atoms with van der Waals surface area (Å²) in [5, 5.41) is 8.85. The largest absolute Gasteiger partial charge is 0.462 e. The minimum absolute atomic E-state index is 0.0231. The van der Waals surface area contributed by atoms with Crippen LogP contribution in [0.15, 0.2) is 0 Å². The van der Waals surface area contributed by atoms with Crippen LogP contribution in [-0.2, 0) is 9.53 Å². The zero-order valence-electron chi connectivity index (χ0n) is 11.9. The van der Waals surface area contributed by atoms with Gasteiger partial charge in [-0.15, -0.1) is 0 Å². The van der Waals surface area contributed by atoms with Crippen LogP contribution in [0.3, 0.4) is 0 Å². The van der Waals surface area contributed by atoms with E-state index < -0.39 is 0 Å². The van der Waals surface area contributed by atoms with Gasteiger partial charge in [0.2, 0.25) is 0 Å². The predicted octanol–water partition coefficient (Wildman–Crippen LogP) is 3.83. The van der Waals surface area contributed by atoms with Gasteiger partial charge in [0.1, 0.15) is 6.10 Å². The van der Waals surface area contributed by atoms with Gasteiger partial charge in [-0.25, -0.2) is 0 Å². The maximum atomic E-state index is 12.1. The van der Waals surface area contributed by atoms with E-state index in [1.165, 1.54) is 19.3 Å². The molecule has 0 N–H and O–H groups in total. The molecule has 0 spiro atoms. The van der Waals surface area contributed by atoms with Gasteiger partial charge in [0.15, 0.2) is 0 Å². The Kier molecular flexibility index (Phi) is 5.24. The van der Waals surface area contributed by atoms with Crippen molar-refractivity contribution in [1.29, 1.82) is 5.26 Å². The topological polar surface area (TPSA) is 50.1 Å². The maximum Gasteiger partial charge on any atom is 0.309 e. The van der Waals surface area contributed by atoms with Crippen molar-refractivity contribution in [1.82, 2.24) is 0 Å². The second-order valence-electron chi connectivity index (χ2n) is 6.17. The summed E-state index contributed by atoms with van der Waals surface area (Å²) in [6, 6.07) is 2.31. The second-order valence-corrected chi connectivity index (χ2v) is 6.17. The molecule has 2 saturated carbocycles. The molecule has 2 rings (SSSR count). The van der Waals surface area contributed by atoms with Gasteiger partial charge < -0.3 is 4.74 Å². The summed E-state index contributed by atoms with van der Waals surface area (Å²) in [4.78, 5) is 12.1. The molecule has 0 unspecified atom stereocenters. The van der Waals surface area contributed by atoms with Gasteiger partial charge in [-0.2, -0.15) is 5.26 Å². The summed E-state index contributed by atoms with van der Waals surface area (Å²) >= 11 is 0. The number of nitrogens with zero attached hydrogens (tertiary/aromatic N) is 1. The molecule has 2 aliphatic carbocycles. The highest BCUT2D eigenvalue weighted by atomic mass is 16.5. The molecule has 106 valence electrons. The van der Waals surface area contributed by atoms with Crippen LogP contribution in [-0.4, -0.2) is 12.1 Å². The smallest absolute Gasteiger partial charge is 0.309 e. The van der Waals surface area contributed by atoms with Crippen LogP contribution in [0.2, 0.25) is 0 Å². The number of hydrogen-bond donors (Lipinski definition) is 0. The van der Waals surface area contributed by atoms with E-state index in [2.05, 4.69) is 13.0 Å². The van der Waals surface area contributed by atoms with E-state index in [0.717, 1.165) is 44.4 Å². The van der Waals surface area contributed by atoms with Crippen molar-refractivity contribution in [3.63, 3.8) is 0 Å². The Labute approximate surface area is 116 Å². The van der Waals surface area contributed by atoms with Crippen molar-refractivity contribution >= 4 is 5.97 Å². The average Bonchev–Trinajstić information content (AvgIpc) is 2.48. The van der Waals surface area contributed by atoms with E-state index in [1.807, 2.05) is 0 Å². The number of ether oxygens (including phenoxy) is 1. The monoisotopic (exact) mass is 263 g/mol. The molecule has 0 aliphatic heterocycles. The first kappa shape index (κ1) is 14.4. The molecule has 3 nitrogen and oxygen atoms in total. The Morgan fingerprint density at radius 3 is 2.26 bits per heavy atom. The Hall–Kier alpha value is -1.04. The molecular formula is C16H25NO2. The Bertz CT molecular complexity index is 331. The normalized spacial score (nSPS) is 35.4. The Balaban J connectivity index is 1.72. The minimum Gasteiger partial charge on any atom is -0.462 e. The van der Waals surface area contributed by atoms with Gasteiger partial charge >= 0.3 is 5.97 Å². The highest BCUT2D eigenvalue weighted by Gasteiger charge is 2.30. The molecule has 0 aromatic carbocycles. The number of carbonyl (C=O) groups is 1. The fourth-order valence-corrected chi connectivity index (χ4v) is 3.38. The molecular weight excluding hydrogens is 238 g/mol. The molecule has 0 aromatic heterocycles. The number of hydrogen-bond acceptors (Lipinski definition) is 3. The lowest BCUT2D eigenvalue weighted by Gasteiger charge is -2.30. The maximum absolute atomic E-state index is 12.1. The van der Waals surface area contributed by atoms with Crippen LogP contribution in [0.5, 0.6) is 0 Å². The first-order valence-electron chi connectivity index (χ1n) is 7.83. The molecule has 0 saturated heterocycles. The van der Waals surface area contributed by atoms with Crippen LogP contribution in [0.4, 0.5) is 0 Å². The van der Waals surface area contributed by atoms with Gasteiger partial charge in [0, 0.05) is 5.92 Å². The highest BCUT2D eigenvalue weighted by Crippen LogP contribution is 2.33. The second kappa shape index (κ2) is 6.93. The van der Waals surface area contributed by atoms with E-state index in [4.69, 9.17) is 10.00 Å². The number of rotatable bonds is 3. The van der Waals surface area contributed by atoms with Crippen molar-refractivity contribution in [2.45, 2.75) is 70.8 Å². The van der Waals surface area contributed by atoms with Crippen LogP contribution < -0.4 is 0 Å². The molecule has 0 atom stereocenters. The molecule has 0 aromatic rings. The summed E-state index contributed by atoms with van der Waals surface area (Å²) in [6.45, 7) is 2.23. The summed E-state index contributed by atoms with van der Waals surface area (Å²) in [5.74, 6) is 1.15. The molecule has 0 heterocycles. The predicted molar refractivity (Wildman–Crippen MR) is 73.2 cm³/mol. The fourth-order valence-electron chi connectivity index (χ4n) is 3.38. The minimum atomic E-state index is 0.0231. The molecule has 19 heavy (non-hydrogen) atoms. The number of nitriles is 1. The van der Waals surface area contributed by atoms with Crippen LogP contribution >= 0.6 is 0 Å². The fraction of sp³-hybridized carbons (Fsp3) is 0.875. The lowest BCUT2D eigenvalue weighted by atomic mass is 9.81. The van der Waals surface area contributed by atoms with E-state index in [1.54, 1.807) is 0 Å². The summed E-state index contributed by atoms with van der Waals surface area (Å²) in [6.07, 6.45) is 9.18. The van der Waals surface area contributed by atoms with Gasteiger partial charge in [-0.3, -0.25) is 4.79 Å². The molecule has 0 radical (unpaired) electrons. The van der Waals surface area contributed by atoms with Crippen molar-refractivity contribution in [2.24, 2.45) is 17.8 Å². The molecule has 0 amide bonds. The standard InChI is InChI=1S/C16H25NO2/c1-2-12-3-7-14(8-4-12)16(18)19-15-9-5-13(11-17)6-10-15/h12-15H,2-10H2,1H3. The van der Waals surface area contributed by atoms with Crippen LogP contribution in [0.25, 0.3) is 0 Å². The summed E-state index contributed by atoms with van der Waals surface area (Å²) in [5.41, 5.74) is 0. The Morgan fingerprint density at radius 2 is 1.74 bits per heavy atom. The van der Waals surface area contributed by atoms with E-state index in [9.17, 15) is 4.79 Å². The van der Waals surface area contributed by atoms with E-state index >= 15 is 0 Å². The van der Waals surface area contributed by atoms with Crippen LogP contribution in [0.1, 0.15) is 64.7 Å². The van der Waals surface area contributed by atoms with Gasteiger partial charge in [-0.05, 0) is 57.3 Å². The third kappa shape index (κ3) is 3.96. The highest BCUT2D eigenvalue weighted by molar-refractivity contribution is 5.72. The summed E-state index contributed by atoms with van der Waals surface area (Å²) < 4.78 is 5.64. The first-order chi connectivity index (χ1) is 9.22. The van der Waals surface area contributed by atoms with Crippen LogP contribution in [0, 0.1) is 29.1 Å². The van der Waals surface area contributed by atoms with E-state index in [0.29, 0.717) is 0 Å². The SMILES string of the molecule is CCC1CCC(C(=O)OC2CCC(C#N)CC2)CC1. The van der Waals surface area contributed by atoms with Crippen molar-refractivity contribution < 1.29 is 9.53 Å². The zero-order valence-corrected chi connectivity index (χ0v) is 11.9. The van der Waals surface area contributed by atoms with Gasteiger partial charge in [0.25, 0.3) is 0 Å². The molecule has 0 bridgehead atoms. The number of carbonyl (C=O) groups excluding carboxylic acids is 1. The third-order valence-corrected chi connectivity index (χ3v) is 4.90. The quantitative estimate of drug-likeness (QED) is 0.727. The van der Waals surface area contributed by atoms with Gasteiger partial charge in [-0.1, -0.05) is 13.3 Å². The van der Waals surface area contributed by atoms with Crippen molar-refractivity contribution in [3.8, 4) is 6.07 Å². The lowest BCUT2D eigenvalue weighted by molar-refractivity contribution is -0.157. The third-order valence-electron chi connectivity index (χ3n) is 4.90. The van der Waals surface area contributed by atoms with Crippen molar-refractivity contribution in [2.75, 3.05) is 0 Å². The zero-order chi connectivity index (χ0) is 13.7.